The number of hydrogen-bond donors (Lipinski definition) is 1. The minimum atomic E-state index is -0.164. The predicted octanol–water partition coefficient (Wildman–Crippen LogP) is 1.88. The second-order valence-electron chi connectivity index (χ2n) is 5.45. The molecule has 0 amide bonds. The van der Waals surface area contributed by atoms with Gasteiger partial charge >= 0.3 is 5.97 Å². The minimum absolute atomic E-state index is 0.134. The maximum absolute atomic E-state index is 11.8. The van der Waals surface area contributed by atoms with E-state index < -0.39 is 0 Å². The molecule has 0 bridgehead atoms. The Kier molecular flexibility index (Phi) is 5.01. The number of unbranched alkanes of at least 4 members (excludes halogenated alkanes) is 1. The first kappa shape index (κ1) is 13.8. The van der Waals surface area contributed by atoms with Gasteiger partial charge in [0.1, 0.15) is 6.04 Å². The van der Waals surface area contributed by atoms with Crippen LogP contribution in [0.3, 0.4) is 0 Å². The highest BCUT2D eigenvalue weighted by Gasteiger charge is 2.41. The molecule has 4 heteroatoms. The second-order valence-corrected chi connectivity index (χ2v) is 5.45. The van der Waals surface area contributed by atoms with Crippen LogP contribution in [0.5, 0.6) is 0 Å². The molecule has 1 aliphatic carbocycles. The number of carbonyl (C=O) groups is 1. The fourth-order valence-corrected chi connectivity index (χ4v) is 2.76. The summed E-state index contributed by atoms with van der Waals surface area (Å²) in [6.45, 7) is 2.96. The van der Waals surface area contributed by atoms with E-state index in [1.807, 2.05) is 0 Å². The molecule has 2 aliphatic rings. The summed E-state index contributed by atoms with van der Waals surface area (Å²) in [5, 5.41) is 3.47. The van der Waals surface area contributed by atoms with Gasteiger partial charge in [0.2, 0.25) is 0 Å². The Morgan fingerprint density at radius 2 is 2.22 bits per heavy atom. The van der Waals surface area contributed by atoms with Crippen molar-refractivity contribution in [3.05, 3.63) is 0 Å². The van der Waals surface area contributed by atoms with Gasteiger partial charge in [0.05, 0.1) is 13.2 Å². The third kappa shape index (κ3) is 3.45. The zero-order chi connectivity index (χ0) is 13.0. The predicted molar refractivity (Wildman–Crippen MR) is 69.3 cm³/mol. The molecule has 18 heavy (non-hydrogen) atoms. The Balaban J connectivity index is 1.87. The molecule has 0 aromatic carbocycles. The summed E-state index contributed by atoms with van der Waals surface area (Å²) in [4.78, 5) is 11.8. The number of ether oxygens (including phenoxy) is 2. The van der Waals surface area contributed by atoms with Crippen LogP contribution < -0.4 is 5.32 Å². The van der Waals surface area contributed by atoms with E-state index in [1.54, 1.807) is 0 Å². The monoisotopic (exact) mass is 255 g/mol. The highest BCUT2D eigenvalue weighted by molar-refractivity contribution is 5.75. The van der Waals surface area contributed by atoms with Gasteiger partial charge in [-0.05, 0) is 31.6 Å². The molecule has 1 saturated heterocycles. The van der Waals surface area contributed by atoms with Gasteiger partial charge in [0, 0.05) is 12.6 Å². The van der Waals surface area contributed by atoms with E-state index >= 15 is 0 Å². The van der Waals surface area contributed by atoms with E-state index in [0.29, 0.717) is 12.1 Å². The van der Waals surface area contributed by atoms with E-state index in [-0.39, 0.29) is 12.0 Å². The number of rotatable bonds is 7. The van der Waals surface area contributed by atoms with Gasteiger partial charge in [0.25, 0.3) is 0 Å². The molecule has 3 atom stereocenters. The van der Waals surface area contributed by atoms with Gasteiger partial charge in [-0.2, -0.15) is 0 Å². The fourth-order valence-electron chi connectivity index (χ4n) is 2.76. The molecule has 0 aromatic heterocycles. The van der Waals surface area contributed by atoms with Crippen LogP contribution in [0.15, 0.2) is 0 Å². The molecule has 104 valence electrons. The number of carbonyl (C=O) groups excluding carboxylic acids is 1. The Morgan fingerprint density at radius 1 is 1.44 bits per heavy atom. The van der Waals surface area contributed by atoms with Crippen molar-refractivity contribution in [2.24, 2.45) is 5.92 Å². The number of nitrogens with one attached hydrogen (secondary N) is 1. The standard InChI is InChI=1S/C14H25NO3/c1-3-4-5-12(14(16)17-2)15-11-8-9-18-13(11)10-6-7-10/h10-13,15H,3-9H2,1-2H3. The first-order valence-electron chi connectivity index (χ1n) is 7.21. The van der Waals surface area contributed by atoms with Gasteiger partial charge in [-0.25, -0.2) is 0 Å². The number of hydrogen-bond acceptors (Lipinski definition) is 4. The van der Waals surface area contributed by atoms with Crippen molar-refractivity contribution in [3.8, 4) is 0 Å². The molecule has 0 aromatic rings. The van der Waals surface area contributed by atoms with Crippen molar-refractivity contribution >= 4 is 5.97 Å². The van der Waals surface area contributed by atoms with Crippen LogP contribution in [0.1, 0.15) is 45.4 Å². The second kappa shape index (κ2) is 6.53. The third-order valence-corrected chi connectivity index (χ3v) is 3.97. The van der Waals surface area contributed by atoms with Crippen LogP contribution in [0, 0.1) is 5.92 Å². The van der Waals surface area contributed by atoms with Crippen LogP contribution in [0.4, 0.5) is 0 Å². The molecule has 3 unspecified atom stereocenters. The van der Waals surface area contributed by atoms with Crippen molar-refractivity contribution in [3.63, 3.8) is 0 Å². The summed E-state index contributed by atoms with van der Waals surface area (Å²) in [6, 6.07) is 0.168. The quantitative estimate of drug-likeness (QED) is 0.706. The SMILES string of the molecule is CCCCC(NC1CCOC1C1CC1)C(=O)OC. The highest BCUT2D eigenvalue weighted by Crippen LogP contribution is 2.38. The molecule has 1 aliphatic heterocycles. The maximum atomic E-state index is 11.8. The van der Waals surface area contributed by atoms with Crippen molar-refractivity contribution < 1.29 is 14.3 Å². The zero-order valence-corrected chi connectivity index (χ0v) is 11.5. The lowest BCUT2D eigenvalue weighted by molar-refractivity contribution is -0.143. The van der Waals surface area contributed by atoms with Gasteiger partial charge in [-0.15, -0.1) is 0 Å². The first-order valence-corrected chi connectivity index (χ1v) is 7.21. The van der Waals surface area contributed by atoms with Crippen LogP contribution >= 0.6 is 0 Å². The van der Waals surface area contributed by atoms with Gasteiger partial charge in [-0.3, -0.25) is 10.1 Å². The number of esters is 1. The summed E-state index contributed by atoms with van der Waals surface area (Å²) >= 11 is 0. The molecule has 1 N–H and O–H groups in total. The van der Waals surface area contributed by atoms with Crippen LogP contribution in [-0.4, -0.2) is 37.9 Å². The Labute approximate surface area is 109 Å². The topological polar surface area (TPSA) is 47.6 Å². The summed E-state index contributed by atoms with van der Waals surface area (Å²) < 4.78 is 10.7. The van der Waals surface area contributed by atoms with Crippen LogP contribution in [0.2, 0.25) is 0 Å². The average Bonchev–Trinajstić information content (AvgIpc) is 3.13. The zero-order valence-electron chi connectivity index (χ0n) is 11.5. The minimum Gasteiger partial charge on any atom is -0.468 e. The summed E-state index contributed by atoms with van der Waals surface area (Å²) in [5.74, 6) is 0.583. The van der Waals surface area contributed by atoms with E-state index in [9.17, 15) is 4.79 Å². The summed E-state index contributed by atoms with van der Waals surface area (Å²) in [6.07, 6.45) is 6.90. The molecule has 2 rings (SSSR count). The molecular weight excluding hydrogens is 230 g/mol. The van der Waals surface area contributed by atoms with Crippen molar-refractivity contribution in [1.82, 2.24) is 5.32 Å². The van der Waals surface area contributed by atoms with E-state index in [1.165, 1.54) is 20.0 Å². The lowest BCUT2D eigenvalue weighted by atomic mass is 10.0. The largest absolute Gasteiger partial charge is 0.468 e. The molecule has 4 nitrogen and oxygen atoms in total. The van der Waals surface area contributed by atoms with Gasteiger partial charge in [0.15, 0.2) is 0 Å². The average molecular weight is 255 g/mol. The van der Waals surface area contributed by atoms with Crippen molar-refractivity contribution in [1.29, 1.82) is 0 Å². The number of methoxy groups -OCH3 is 1. The smallest absolute Gasteiger partial charge is 0.322 e. The van der Waals surface area contributed by atoms with Crippen LogP contribution in [0.25, 0.3) is 0 Å². The lowest BCUT2D eigenvalue weighted by Gasteiger charge is -2.24. The van der Waals surface area contributed by atoms with E-state index in [4.69, 9.17) is 9.47 Å². The van der Waals surface area contributed by atoms with Crippen LogP contribution in [-0.2, 0) is 14.3 Å². The molecule has 1 saturated carbocycles. The van der Waals surface area contributed by atoms with E-state index in [0.717, 1.165) is 38.2 Å². The molecular formula is C14H25NO3. The Bertz CT molecular complexity index is 278. The Hall–Kier alpha value is -0.610. The highest BCUT2D eigenvalue weighted by atomic mass is 16.5. The lowest BCUT2D eigenvalue weighted by Crippen LogP contribution is -2.47. The van der Waals surface area contributed by atoms with Gasteiger partial charge in [-0.1, -0.05) is 19.8 Å². The fraction of sp³-hybridized carbons (Fsp3) is 0.929. The first-order chi connectivity index (χ1) is 8.76. The summed E-state index contributed by atoms with van der Waals surface area (Å²) in [7, 11) is 1.46. The van der Waals surface area contributed by atoms with E-state index in [2.05, 4.69) is 12.2 Å². The van der Waals surface area contributed by atoms with Gasteiger partial charge < -0.3 is 9.47 Å². The maximum Gasteiger partial charge on any atom is 0.322 e. The normalized spacial score (nSPS) is 29.2. The molecule has 1 heterocycles. The Morgan fingerprint density at radius 3 is 2.83 bits per heavy atom. The molecule has 2 fully saturated rings. The third-order valence-electron chi connectivity index (χ3n) is 3.97. The molecule has 0 spiro atoms. The van der Waals surface area contributed by atoms with Crippen molar-refractivity contribution in [2.75, 3.05) is 13.7 Å². The van der Waals surface area contributed by atoms with Crippen molar-refractivity contribution in [2.45, 2.75) is 63.6 Å². The summed E-state index contributed by atoms with van der Waals surface area (Å²) in [5.41, 5.74) is 0. The molecule has 0 radical (unpaired) electrons.